The maximum absolute atomic E-state index is 12.3. The molecule has 6 heteroatoms. The van der Waals surface area contributed by atoms with Gasteiger partial charge in [0.2, 0.25) is 5.91 Å². The molecule has 1 aromatic heterocycles. The van der Waals surface area contributed by atoms with Crippen molar-refractivity contribution in [2.75, 3.05) is 13.1 Å². The lowest BCUT2D eigenvalue weighted by Gasteiger charge is -2.27. The van der Waals surface area contributed by atoms with Gasteiger partial charge in [-0.2, -0.15) is 0 Å². The van der Waals surface area contributed by atoms with Gasteiger partial charge in [0.05, 0.1) is 6.54 Å². The van der Waals surface area contributed by atoms with E-state index >= 15 is 0 Å². The molecule has 0 aliphatic heterocycles. The third-order valence-corrected chi connectivity index (χ3v) is 2.84. The fourth-order valence-electron chi connectivity index (χ4n) is 1.83. The smallest absolute Gasteiger partial charge is 0.410 e. The second-order valence-corrected chi connectivity index (χ2v) is 6.11. The van der Waals surface area contributed by atoms with Crippen LogP contribution in [-0.2, 0) is 16.1 Å². The number of carbonyl (C=O) groups is 2. The molecule has 0 unspecified atom stereocenters. The highest BCUT2D eigenvalue weighted by atomic mass is 16.6. The molecule has 0 aliphatic carbocycles. The van der Waals surface area contributed by atoms with E-state index in [1.807, 2.05) is 32.9 Å². The van der Waals surface area contributed by atoms with Crippen LogP contribution in [0, 0.1) is 0 Å². The van der Waals surface area contributed by atoms with Gasteiger partial charge in [0.1, 0.15) is 5.60 Å². The maximum atomic E-state index is 12.3. The van der Waals surface area contributed by atoms with Crippen LogP contribution in [-0.4, -0.2) is 40.6 Å². The second kappa shape index (κ2) is 8.92. The van der Waals surface area contributed by atoms with Gasteiger partial charge in [-0.15, -0.1) is 0 Å². The summed E-state index contributed by atoms with van der Waals surface area (Å²) in [5.41, 5.74) is 0.370. The Morgan fingerprint density at radius 2 is 2.17 bits per heavy atom. The van der Waals surface area contributed by atoms with E-state index in [2.05, 4.69) is 16.9 Å². The van der Waals surface area contributed by atoms with Gasteiger partial charge in [0.15, 0.2) is 0 Å². The lowest BCUT2D eigenvalue weighted by atomic mass is 10.2. The van der Waals surface area contributed by atoms with Crippen LogP contribution >= 0.6 is 0 Å². The van der Waals surface area contributed by atoms with Crippen molar-refractivity contribution in [3.8, 4) is 0 Å². The average Bonchev–Trinajstić information content (AvgIpc) is 2.49. The molecule has 126 valence electrons. The van der Waals surface area contributed by atoms with E-state index in [1.165, 1.54) is 6.08 Å². The van der Waals surface area contributed by atoms with Gasteiger partial charge < -0.3 is 15.0 Å². The molecule has 1 aromatic rings. The monoisotopic (exact) mass is 319 g/mol. The first-order chi connectivity index (χ1) is 10.8. The van der Waals surface area contributed by atoms with Crippen molar-refractivity contribution >= 4 is 12.0 Å². The topological polar surface area (TPSA) is 71.5 Å². The summed E-state index contributed by atoms with van der Waals surface area (Å²) in [4.78, 5) is 29.1. The van der Waals surface area contributed by atoms with E-state index in [0.717, 1.165) is 5.56 Å². The summed E-state index contributed by atoms with van der Waals surface area (Å²) in [6.07, 6.45) is 4.87. The first kappa shape index (κ1) is 18.7. The minimum absolute atomic E-state index is 0.221. The molecule has 0 radical (unpaired) electrons. The molecule has 0 bridgehead atoms. The number of carbonyl (C=O) groups excluding carboxylic acids is 2. The SMILES string of the molecule is C=CC(=O)NCCCN(Cc1cccnc1)C(=O)OC(C)(C)C. The van der Waals surface area contributed by atoms with Crippen LogP contribution in [0.15, 0.2) is 37.2 Å². The number of hydrogen-bond acceptors (Lipinski definition) is 4. The van der Waals surface area contributed by atoms with Crippen LogP contribution in [0.2, 0.25) is 0 Å². The highest BCUT2D eigenvalue weighted by Crippen LogP contribution is 2.12. The zero-order chi connectivity index (χ0) is 17.3. The lowest BCUT2D eigenvalue weighted by Crippen LogP contribution is -2.38. The summed E-state index contributed by atoms with van der Waals surface area (Å²) < 4.78 is 5.43. The van der Waals surface area contributed by atoms with E-state index < -0.39 is 5.60 Å². The van der Waals surface area contributed by atoms with Crippen molar-refractivity contribution in [3.05, 3.63) is 42.7 Å². The van der Waals surface area contributed by atoms with Gasteiger partial charge in [-0.1, -0.05) is 12.6 Å². The van der Waals surface area contributed by atoms with Crippen LogP contribution in [0.5, 0.6) is 0 Å². The Morgan fingerprint density at radius 1 is 1.43 bits per heavy atom. The summed E-state index contributed by atoms with van der Waals surface area (Å²) in [5, 5.41) is 2.69. The molecule has 0 atom stereocenters. The van der Waals surface area contributed by atoms with Gasteiger partial charge in [0, 0.05) is 25.5 Å². The molecule has 0 saturated carbocycles. The molecule has 0 aromatic carbocycles. The maximum Gasteiger partial charge on any atom is 0.410 e. The van der Waals surface area contributed by atoms with Crippen LogP contribution < -0.4 is 5.32 Å². The van der Waals surface area contributed by atoms with Crippen LogP contribution in [0.4, 0.5) is 4.79 Å². The first-order valence-electron chi connectivity index (χ1n) is 7.59. The Morgan fingerprint density at radius 3 is 2.74 bits per heavy atom. The molecule has 0 spiro atoms. The molecule has 0 saturated heterocycles. The number of nitrogens with zero attached hydrogens (tertiary/aromatic N) is 2. The van der Waals surface area contributed by atoms with Gasteiger partial charge in [-0.05, 0) is 44.9 Å². The molecule has 1 N–H and O–H groups in total. The Kier molecular flexibility index (Phi) is 7.25. The highest BCUT2D eigenvalue weighted by molar-refractivity contribution is 5.86. The quantitative estimate of drug-likeness (QED) is 0.619. The predicted octanol–water partition coefficient (Wildman–Crippen LogP) is 2.51. The summed E-state index contributed by atoms with van der Waals surface area (Å²) in [5.74, 6) is -0.221. The van der Waals surface area contributed by atoms with Gasteiger partial charge >= 0.3 is 6.09 Å². The van der Waals surface area contributed by atoms with Crippen molar-refractivity contribution in [1.29, 1.82) is 0 Å². The van der Waals surface area contributed by atoms with E-state index in [-0.39, 0.29) is 12.0 Å². The summed E-state index contributed by atoms with van der Waals surface area (Å²) >= 11 is 0. The molecular formula is C17H25N3O3. The highest BCUT2D eigenvalue weighted by Gasteiger charge is 2.22. The number of rotatable bonds is 7. The third-order valence-electron chi connectivity index (χ3n) is 2.84. The number of amides is 2. The zero-order valence-electron chi connectivity index (χ0n) is 14.0. The van der Waals surface area contributed by atoms with Crippen molar-refractivity contribution in [3.63, 3.8) is 0 Å². The number of nitrogens with one attached hydrogen (secondary N) is 1. The third kappa shape index (κ3) is 7.99. The summed E-state index contributed by atoms with van der Waals surface area (Å²) in [6.45, 7) is 10.2. The average molecular weight is 319 g/mol. The van der Waals surface area contributed by atoms with E-state index in [1.54, 1.807) is 17.3 Å². The molecule has 1 rings (SSSR count). The summed E-state index contributed by atoms with van der Waals surface area (Å²) in [6, 6.07) is 3.73. The normalized spacial score (nSPS) is 10.7. The molecule has 0 fully saturated rings. The summed E-state index contributed by atoms with van der Waals surface area (Å²) in [7, 11) is 0. The van der Waals surface area contributed by atoms with Gasteiger partial charge in [-0.3, -0.25) is 9.78 Å². The second-order valence-electron chi connectivity index (χ2n) is 6.11. The fourth-order valence-corrected chi connectivity index (χ4v) is 1.83. The van der Waals surface area contributed by atoms with Crippen molar-refractivity contribution < 1.29 is 14.3 Å². The first-order valence-corrected chi connectivity index (χ1v) is 7.59. The van der Waals surface area contributed by atoms with Crippen molar-refractivity contribution in [2.24, 2.45) is 0 Å². The number of ether oxygens (including phenoxy) is 1. The zero-order valence-corrected chi connectivity index (χ0v) is 14.0. The molecule has 0 aliphatic rings. The van der Waals surface area contributed by atoms with E-state index in [9.17, 15) is 9.59 Å². The van der Waals surface area contributed by atoms with Gasteiger partial charge in [0.25, 0.3) is 0 Å². The number of pyridine rings is 1. The Bertz CT molecular complexity index is 524. The molecule has 6 nitrogen and oxygen atoms in total. The standard InChI is InChI=1S/C17H25N3O3/c1-5-15(21)19-10-7-11-20(16(22)23-17(2,3)4)13-14-8-6-9-18-12-14/h5-6,8-9,12H,1,7,10-11,13H2,2-4H3,(H,19,21). The van der Waals surface area contributed by atoms with Crippen molar-refractivity contribution in [1.82, 2.24) is 15.2 Å². The van der Waals surface area contributed by atoms with Crippen molar-refractivity contribution in [2.45, 2.75) is 39.3 Å². The minimum Gasteiger partial charge on any atom is -0.444 e. The number of hydrogen-bond donors (Lipinski definition) is 1. The minimum atomic E-state index is -0.554. The largest absolute Gasteiger partial charge is 0.444 e. The van der Waals surface area contributed by atoms with Crippen LogP contribution in [0.1, 0.15) is 32.8 Å². The van der Waals surface area contributed by atoms with E-state index in [0.29, 0.717) is 26.1 Å². The number of aromatic nitrogens is 1. The van der Waals surface area contributed by atoms with E-state index in [4.69, 9.17) is 4.74 Å². The molecular weight excluding hydrogens is 294 g/mol. The molecule has 1 heterocycles. The predicted molar refractivity (Wildman–Crippen MR) is 88.7 cm³/mol. The van der Waals surface area contributed by atoms with Crippen LogP contribution in [0.3, 0.4) is 0 Å². The Balaban J connectivity index is 2.62. The molecule has 23 heavy (non-hydrogen) atoms. The fraction of sp³-hybridized carbons (Fsp3) is 0.471. The lowest BCUT2D eigenvalue weighted by molar-refractivity contribution is -0.116. The Labute approximate surface area is 137 Å². The Hall–Kier alpha value is -2.37. The van der Waals surface area contributed by atoms with Gasteiger partial charge in [-0.25, -0.2) is 4.79 Å². The van der Waals surface area contributed by atoms with Crippen LogP contribution in [0.25, 0.3) is 0 Å². The molecule has 2 amide bonds.